The molecule has 46 heavy (non-hydrogen) atoms. The van der Waals surface area contributed by atoms with Crippen LogP contribution in [0.3, 0.4) is 0 Å². The van der Waals surface area contributed by atoms with Crippen LogP contribution in [-0.4, -0.2) is 88.2 Å². The van der Waals surface area contributed by atoms with E-state index < -0.39 is 55.6 Å². The van der Waals surface area contributed by atoms with Crippen molar-refractivity contribution in [1.29, 1.82) is 0 Å². The zero-order valence-corrected chi connectivity index (χ0v) is 26.6. The molecule has 1 N–H and O–H groups in total. The molecule has 1 fully saturated rings. The van der Waals surface area contributed by atoms with E-state index in [9.17, 15) is 31.1 Å². The van der Waals surface area contributed by atoms with E-state index in [0.717, 1.165) is 24.6 Å². The highest BCUT2D eigenvalue weighted by Crippen LogP contribution is 2.32. The Labute approximate surface area is 261 Å². The number of hydrogen-bond acceptors (Lipinski definition) is 12. The molecular formula is C26H34F6N10O3Si. The van der Waals surface area contributed by atoms with Gasteiger partial charge in [-0.05, 0) is 13.0 Å². The van der Waals surface area contributed by atoms with Crippen LogP contribution in [0, 0.1) is 0 Å². The van der Waals surface area contributed by atoms with Gasteiger partial charge in [-0.1, -0.05) is 19.6 Å². The zero-order valence-electron chi connectivity index (χ0n) is 25.6. The molecule has 0 aromatic carbocycles. The highest BCUT2D eigenvalue weighted by atomic mass is 28.3. The Morgan fingerprint density at radius 2 is 1.54 bits per heavy atom. The van der Waals surface area contributed by atoms with Crippen LogP contribution in [0.15, 0.2) is 29.7 Å². The Kier molecular flexibility index (Phi) is 10.7. The van der Waals surface area contributed by atoms with E-state index in [1.165, 1.54) is 6.33 Å². The average molecular weight is 677 g/mol. The van der Waals surface area contributed by atoms with Crippen molar-refractivity contribution < 1.29 is 35.8 Å². The average Bonchev–Trinajstić information content (AvgIpc) is 2.98. The number of piperazine rings is 1. The number of alkyl halides is 6. The van der Waals surface area contributed by atoms with Gasteiger partial charge in [0.2, 0.25) is 11.9 Å². The van der Waals surface area contributed by atoms with Crippen molar-refractivity contribution in [2.75, 3.05) is 54.5 Å². The largest absolute Gasteiger partial charge is 0.461 e. The fourth-order valence-corrected chi connectivity index (χ4v) is 4.99. The molecule has 20 heteroatoms. The number of aromatic nitrogens is 7. The normalized spacial score (nSPS) is 15.2. The first-order valence-electron chi connectivity index (χ1n) is 14.2. The molecule has 0 bridgehead atoms. The minimum absolute atomic E-state index is 0.0767. The van der Waals surface area contributed by atoms with Crippen LogP contribution in [0.5, 0.6) is 6.01 Å². The highest BCUT2D eigenvalue weighted by molar-refractivity contribution is 6.76. The zero-order chi connectivity index (χ0) is 33.7. The lowest BCUT2D eigenvalue weighted by Crippen LogP contribution is -2.47. The molecule has 0 amide bonds. The molecule has 13 nitrogen and oxygen atoms in total. The minimum atomic E-state index is -4.95. The van der Waals surface area contributed by atoms with Gasteiger partial charge in [0.1, 0.15) is 25.2 Å². The molecule has 3 aromatic rings. The summed E-state index contributed by atoms with van der Waals surface area (Å²) in [5.41, 5.74) is -4.16. The van der Waals surface area contributed by atoms with Crippen molar-refractivity contribution in [2.24, 2.45) is 0 Å². The number of nitrogens with zero attached hydrogens (tertiary/aromatic N) is 9. The van der Waals surface area contributed by atoms with E-state index in [0.29, 0.717) is 37.5 Å². The third kappa shape index (κ3) is 9.47. The Hall–Kier alpha value is -4.07. The molecular weight excluding hydrogens is 642 g/mol. The smallest absolute Gasteiger partial charge is 0.423 e. The van der Waals surface area contributed by atoms with Crippen LogP contribution >= 0.6 is 0 Å². The number of hydrogen-bond donors (Lipinski definition) is 1. The molecule has 0 unspecified atom stereocenters. The molecule has 1 saturated heterocycles. The summed E-state index contributed by atoms with van der Waals surface area (Å²) in [6.07, 6.45) is -5.85. The number of nitrogens with one attached hydrogen (secondary N) is 1. The van der Waals surface area contributed by atoms with E-state index in [1.807, 2.05) is 4.90 Å². The first-order valence-corrected chi connectivity index (χ1v) is 17.9. The van der Waals surface area contributed by atoms with Crippen LogP contribution < -0.4 is 25.4 Å². The Morgan fingerprint density at radius 1 is 0.913 bits per heavy atom. The SMILES string of the molecule is C[C@@H](COc1ncnc(N2CCN(c3ncc(C(F)(F)F)cn3)CC2)n1)Nc1cnn(COCC[Si](C)(C)C)c(=O)c1C(F)(F)F. The fourth-order valence-electron chi connectivity index (χ4n) is 4.23. The standard InChI is InChI=1S/C26H34F6N10O3Si/c1-17(38-19-13-37-42(16-44-9-10-46(2,3)4)21(43)20(19)26(30,31)32)14-45-24-36-15-35-23(39-24)41-7-5-40(6-8-41)22-33-11-18(12-34-22)25(27,28)29/h11-13,15,17,38H,5-10,14,16H2,1-4H3/t17-/m0/s1. The van der Waals surface area contributed by atoms with Crippen molar-refractivity contribution in [3.05, 3.63) is 46.4 Å². The van der Waals surface area contributed by atoms with E-state index in [2.05, 4.69) is 55.0 Å². The molecule has 252 valence electrons. The molecule has 0 spiro atoms. The molecule has 0 aliphatic carbocycles. The molecule has 1 aliphatic heterocycles. The van der Waals surface area contributed by atoms with Crippen molar-refractivity contribution in [1.82, 2.24) is 34.7 Å². The molecule has 1 aliphatic rings. The van der Waals surface area contributed by atoms with Gasteiger partial charge in [-0.3, -0.25) is 4.79 Å². The van der Waals surface area contributed by atoms with Crippen LogP contribution in [0.1, 0.15) is 18.1 Å². The van der Waals surface area contributed by atoms with Gasteiger partial charge in [-0.25, -0.2) is 19.6 Å². The minimum Gasteiger partial charge on any atom is -0.461 e. The predicted octanol–water partition coefficient (Wildman–Crippen LogP) is 3.77. The second-order valence-electron chi connectivity index (χ2n) is 11.8. The Balaban J connectivity index is 1.33. The van der Waals surface area contributed by atoms with Crippen LogP contribution in [0.25, 0.3) is 0 Å². The van der Waals surface area contributed by atoms with Gasteiger partial charge in [-0.2, -0.15) is 41.4 Å². The lowest BCUT2D eigenvalue weighted by Gasteiger charge is -2.34. The summed E-state index contributed by atoms with van der Waals surface area (Å²) >= 11 is 0. The maximum atomic E-state index is 13.9. The van der Waals surface area contributed by atoms with Gasteiger partial charge in [0, 0.05) is 53.3 Å². The number of anilines is 3. The maximum absolute atomic E-state index is 13.9. The highest BCUT2D eigenvalue weighted by Gasteiger charge is 2.38. The van der Waals surface area contributed by atoms with Gasteiger partial charge >= 0.3 is 18.4 Å². The van der Waals surface area contributed by atoms with Crippen LogP contribution in [-0.2, 0) is 23.8 Å². The summed E-state index contributed by atoms with van der Waals surface area (Å²) in [5.74, 6) is 0.443. The lowest BCUT2D eigenvalue weighted by atomic mass is 10.2. The van der Waals surface area contributed by atoms with Crippen molar-refractivity contribution in [3.63, 3.8) is 0 Å². The van der Waals surface area contributed by atoms with Gasteiger partial charge < -0.3 is 24.6 Å². The molecule has 0 radical (unpaired) electrons. The monoisotopic (exact) mass is 676 g/mol. The molecule has 4 heterocycles. The van der Waals surface area contributed by atoms with Crippen molar-refractivity contribution >= 4 is 25.7 Å². The summed E-state index contributed by atoms with van der Waals surface area (Å²) < 4.78 is 91.7. The summed E-state index contributed by atoms with van der Waals surface area (Å²) in [5, 5.41) is 6.49. The van der Waals surface area contributed by atoms with Crippen molar-refractivity contribution in [3.8, 4) is 6.01 Å². The maximum Gasteiger partial charge on any atom is 0.423 e. The predicted molar refractivity (Wildman–Crippen MR) is 157 cm³/mol. The second kappa shape index (κ2) is 14.1. The second-order valence-corrected chi connectivity index (χ2v) is 17.4. The Morgan fingerprint density at radius 3 is 2.13 bits per heavy atom. The topological polar surface area (TPSA) is 136 Å². The summed E-state index contributed by atoms with van der Waals surface area (Å²) in [4.78, 5) is 36.2. The quantitative estimate of drug-likeness (QED) is 0.170. The fraction of sp³-hybridized carbons (Fsp3) is 0.577. The first kappa shape index (κ1) is 34.8. The molecule has 3 aromatic heterocycles. The van der Waals surface area contributed by atoms with E-state index >= 15 is 0 Å². The number of halogens is 6. The van der Waals surface area contributed by atoms with Crippen LogP contribution in [0.4, 0.5) is 43.9 Å². The van der Waals surface area contributed by atoms with Gasteiger partial charge in [0.05, 0.1) is 23.5 Å². The summed E-state index contributed by atoms with van der Waals surface area (Å²) in [7, 11) is -1.42. The number of ether oxygens (including phenoxy) is 2. The van der Waals surface area contributed by atoms with E-state index in [4.69, 9.17) is 9.47 Å². The lowest BCUT2D eigenvalue weighted by molar-refractivity contribution is -0.139. The van der Waals surface area contributed by atoms with Gasteiger partial charge in [0.25, 0.3) is 5.56 Å². The van der Waals surface area contributed by atoms with Gasteiger partial charge in [-0.15, -0.1) is 0 Å². The first-order chi connectivity index (χ1) is 21.5. The van der Waals surface area contributed by atoms with Crippen molar-refractivity contribution in [2.45, 2.75) is 57.7 Å². The number of rotatable bonds is 12. The summed E-state index contributed by atoms with van der Waals surface area (Å²) in [6, 6.07) is -0.0167. The molecule has 4 rings (SSSR count). The third-order valence-electron chi connectivity index (χ3n) is 6.75. The molecule has 1 atom stereocenters. The third-order valence-corrected chi connectivity index (χ3v) is 8.45. The van der Waals surface area contributed by atoms with Gasteiger partial charge in [0.15, 0.2) is 0 Å². The molecule has 0 saturated carbocycles. The van der Waals surface area contributed by atoms with E-state index in [1.54, 1.807) is 11.8 Å². The summed E-state index contributed by atoms with van der Waals surface area (Å²) in [6.45, 7) is 9.24. The van der Waals surface area contributed by atoms with Crippen LogP contribution in [0.2, 0.25) is 25.7 Å². The van der Waals surface area contributed by atoms with E-state index in [-0.39, 0.29) is 24.5 Å². The Bertz CT molecular complexity index is 1510.